The number of nitrogens with one attached hydrogen (secondary N) is 2. The minimum absolute atomic E-state index is 0.192. The number of aromatic nitrogens is 2. The zero-order valence-corrected chi connectivity index (χ0v) is 14.9. The topological polar surface area (TPSA) is 66.9 Å². The summed E-state index contributed by atoms with van der Waals surface area (Å²) >= 11 is 0. The molecule has 1 heterocycles. The van der Waals surface area contributed by atoms with Gasteiger partial charge in [-0.3, -0.25) is 4.79 Å². The van der Waals surface area contributed by atoms with Crippen molar-refractivity contribution in [3.8, 4) is 0 Å². The van der Waals surface area contributed by atoms with Crippen molar-refractivity contribution in [2.45, 2.75) is 47.0 Å². The molecule has 0 saturated heterocycles. The van der Waals surface area contributed by atoms with Crippen LogP contribution in [0.3, 0.4) is 0 Å². The lowest BCUT2D eigenvalue weighted by Crippen LogP contribution is -2.15. The second-order valence-corrected chi connectivity index (χ2v) is 6.16. The number of unbranched alkanes of at least 4 members (excludes halogenated alkanes) is 2. The van der Waals surface area contributed by atoms with Gasteiger partial charge in [-0.05, 0) is 38.3 Å². The Labute approximate surface area is 143 Å². The fraction of sp³-hybridized carbons (Fsp3) is 0.421. The minimum Gasteiger partial charge on any atom is -0.354 e. The van der Waals surface area contributed by atoms with Gasteiger partial charge >= 0.3 is 0 Å². The molecule has 128 valence electrons. The van der Waals surface area contributed by atoms with E-state index in [0.717, 1.165) is 29.8 Å². The predicted molar refractivity (Wildman–Crippen MR) is 98.7 cm³/mol. The van der Waals surface area contributed by atoms with Crippen molar-refractivity contribution >= 4 is 17.5 Å². The second-order valence-electron chi connectivity index (χ2n) is 6.16. The first-order valence-electron chi connectivity index (χ1n) is 8.46. The van der Waals surface area contributed by atoms with Crippen LogP contribution in [0.15, 0.2) is 24.5 Å². The van der Waals surface area contributed by atoms with Gasteiger partial charge in [-0.15, -0.1) is 0 Å². The highest BCUT2D eigenvalue weighted by molar-refractivity contribution is 6.04. The maximum absolute atomic E-state index is 12.4. The largest absolute Gasteiger partial charge is 0.354 e. The number of amides is 1. The van der Waals surface area contributed by atoms with Crippen molar-refractivity contribution in [2.24, 2.45) is 0 Å². The molecule has 1 aromatic heterocycles. The first kappa shape index (κ1) is 17.9. The zero-order valence-electron chi connectivity index (χ0n) is 14.9. The van der Waals surface area contributed by atoms with Crippen molar-refractivity contribution in [2.75, 3.05) is 17.2 Å². The minimum atomic E-state index is -0.192. The highest BCUT2D eigenvalue weighted by atomic mass is 16.1. The number of hydrogen-bond acceptors (Lipinski definition) is 4. The van der Waals surface area contributed by atoms with E-state index in [4.69, 9.17) is 0 Å². The molecule has 0 saturated carbocycles. The highest BCUT2D eigenvalue weighted by Crippen LogP contribution is 2.22. The summed E-state index contributed by atoms with van der Waals surface area (Å²) in [4.78, 5) is 20.8. The molecular formula is C19H26N4O. The molecule has 24 heavy (non-hydrogen) atoms. The number of aryl methyl sites for hydroxylation is 3. The van der Waals surface area contributed by atoms with Gasteiger partial charge in [-0.2, -0.15) is 0 Å². The van der Waals surface area contributed by atoms with Gasteiger partial charge in [0.15, 0.2) is 0 Å². The Balaban J connectivity index is 2.00. The summed E-state index contributed by atoms with van der Waals surface area (Å²) < 4.78 is 0. The van der Waals surface area contributed by atoms with Gasteiger partial charge in [0.1, 0.15) is 0 Å². The molecule has 0 aliphatic carbocycles. The standard InChI is InChI=1S/C19H26N4O/c1-5-6-7-8-20-19-21-11-16(12-22-19)18(24)23-17-14(3)9-13(2)10-15(17)4/h9-12H,5-8H2,1-4H3,(H,23,24)(H,20,21,22). The van der Waals surface area contributed by atoms with E-state index >= 15 is 0 Å². The SMILES string of the molecule is CCCCCNc1ncc(C(=O)Nc2c(C)cc(C)cc2C)cn1. The molecule has 5 nitrogen and oxygen atoms in total. The predicted octanol–water partition coefficient (Wildman–Crippen LogP) is 4.26. The Bertz CT molecular complexity index is 672. The maximum atomic E-state index is 12.4. The lowest BCUT2D eigenvalue weighted by atomic mass is 10.0. The molecule has 1 aromatic carbocycles. The summed E-state index contributed by atoms with van der Waals surface area (Å²) in [7, 11) is 0. The van der Waals surface area contributed by atoms with Crippen LogP contribution in [-0.4, -0.2) is 22.4 Å². The first-order chi connectivity index (χ1) is 11.5. The third-order valence-corrected chi connectivity index (χ3v) is 3.89. The van der Waals surface area contributed by atoms with Crippen LogP contribution >= 0.6 is 0 Å². The van der Waals surface area contributed by atoms with E-state index in [2.05, 4.69) is 39.7 Å². The van der Waals surface area contributed by atoms with Crippen LogP contribution in [0.4, 0.5) is 11.6 Å². The van der Waals surface area contributed by atoms with E-state index in [1.165, 1.54) is 18.4 Å². The molecule has 0 spiro atoms. The van der Waals surface area contributed by atoms with E-state index < -0.39 is 0 Å². The lowest BCUT2D eigenvalue weighted by molar-refractivity contribution is 0.102. The number of nitrogens with zero attached hydrogens (tertiary/aromatic N) is 2. The Morgan fingerprint density at radius 1 is 1.04 bits per heavy atom. The molecule has 0 atom stereocenters. The number of anilines is 2. The van der Waals surface area contributed by atoms with Crippen molar-refractivity contribution in [3.63, 3.8) is 0 Å². The number of rotatable bonds is 7. The second kappa shape index (κ2) is 8.43. The first-order valence-corrected chi connectivity index (χ1v) is 8.46. The van der Waals surface area contributed by atoms with Gasteiger partial charge in [-0.1, -0.05) is 37.5 Å². The summed E-state index contributed by atoms with van der Waals surface area (Å²) in [6, 6.07) is 4.12. The molecule has 2 rings (SSSR count). The molecule has 0 unspecified atom stereocenters. The molecule has 0 fully saturated rings. The van der Waals surface area contributed by atoms with Gasteiger partial charge < -0.3 is 10.6 Å². The van der Waals surface area contributed by atoms with Gasteiger partial charge in [0.2, 0.25) is 5.95 Å². The Morgan fingerprint density at radius 3 is 2.25 bits per heavy atom. The quantitative estimate of drug-likeness (QED) is 0.746. The molecular weight excluding hydrogens is 300 g/mol. The Hall–Kier alpha value is -2.43. The molecule has 1 amide bonds. The summed E-state index contributed by atoms with van der Waals surface area (Å²) in [5, 5.41) is 6.13. The molecule has 0 bridgehead atoms. The van der Waals surface area contributed by atoms with Gasteiger partial charge in [-0.25, -0.2) is 9.97 Å². The van der Waals surface area contributed by atoms with Crippen LogP contribution < -0.4 is 10.6 Å². The summed E-state index contributed by atoms with van der Waals surface area (Å²) in [5.41, 5.74) is 4.60. The van der Waals surface area contributed by atoms with Crippen LogP contribution in [0.1, 0.15) is 53.2 Å². The summed E-state index contributed by atoms with van der Waals surface area (Å²) in [6.45, 7) is 9.05. The fourth-order valence-electron chi connectivity index (χ4n) is 2.67. The number of carbonyl (C=O) groups excluding carboxylic acids is 1. The molecule has 5 heteroatoms. The Kier molecular flexibility index (Phi) is 6.29. The third kappa shape index (κ3) is 4.78. The molecule has 0 radical (unpaired) electrons. The highest BCUT2D eigenvalue weighted by Gasteiger charge is 2.11. The third-order valence-electron chi connectivity index (χ3n) is 3.89. The number of benzene rings is 1. The van der Waals surface area contributed by atoms with Crippen molar-refractivity contribution in [1.82, 2.24) is 9.97 Å². The van der Waals surface area contributed by atoms with Gasteiger partial charge in [0.25, 0.3) is 5.91 Å². The summed E-state index contributed by atoms with van der Waals surface area (Å²) in [6.07, 6.45) is 6.57. The van der Waals surface area contributed by atoms with E-state index in [0.29, 0.717) is 11.5 Å². The van der Waals surface area contributed by atoms with Crippen LogP contribution in [0.5, 0.6) is 0 Å². The molecule has 2 aromatic rings. The van der Waals surface area contributed by atoms with Crippen molar-refractivity contribution in [1.29, 1.82) is 0 Å². The molecule has 0 aliphatic heterocycles. The number of hydrogen-bond donors (Lipinski definition) is 2. The average molecular weight is 326 g/mol. The van der Waals surface area contributed by atoms with E-state index in [-0.39, 0.29) is 5.91 Å². The summed E-state index contributed by atoms with van der Waals surface area (Å²) in [5.74, 6) is 0.368. The van der Waals surface area contributed by atoms with Crippen molar-refractivity contribution in [3.05, 3.63) is 46.8 Å². The monoisotopic (exact) mass is 326 g/mol. The van der Waals surface area contributed by atoms with Gasteiger partial charge in [0.05, 0.1) is 5.56 Å². The maximum Gasteiger partial charge on any atom is 0.258 e. The Morgan fingerprint density at radius 2 is 1.67 bits per heavy atom. The van der Waals surface area contributed by atoms with E-state index in [1.807, 2.05) is 20.8 Å². The van der Waals surface area contributed by atoms with Crippen LogP contribution in [-0.2, 0) is 0 Å². The zero-order chi connectivity index (χ0) is 17.5. The van der Waals surface area contributed by atoms with Crippen LogP contribution in [0.25, 0.3) is 0 Å². The van der Waals surface area contributed by atoms with Crippen LogP contribution in [0.2, 0.25) is 0 Å². The van der Waals surface area contributed by atoms with Crippen molar-refractivity contribution < 1.29 is 4.79 Å². The van der Waals surface area contributed by atoms with E-state index in [1.54, 1.807) is 12.4 Å². The van der Waals surface area contributed by atoms with E-state index in [9.17, 15) is 4.79 Å². The fourth-order valence-corrected chi connectivity index (χ4v) is 2.67. The van der Waals surface area contributed by atoms with Crippen LogP contribution in [0, 0.1) is 20.8 Å². The number of carbonyl (C=O) groups is 1. The molecule has 0 aliphatic rings. The van der Waals surface area contributed by atoms with Gasteiger partial charge in [0, 0.05) is 24.6 Å². The normalized spacial score (nSPS) is 10.5. The molecule has 2 N–H and O–H groups in total. The average Bonchev–Trinajstić information content (AvgIpc) is 2.55. The lowest BCUT2D eigenvalue weighted by Gasteiger charge is -2.13. The smallest absolute Gasteiger partial charge is 0.258 e.